The minimum atomic E-state index is -0.686. The molecule has 1 fully saturated rings. The minimum Gasteiger partial charge on any atom is -0.482 e. The molecule has 8 heteroatoms. The monoisotopic (exact) mass is 496 g/mol. The van der Waals surface area contributed by atoms with E-state index >= 15 is 0 Å². The number of nitrogens with zero attached hydrogens (tertiary/aromatic N) is 1. The van der Waals surface area contributed by atoms with Crippen molar-refractivity contribution in [2.75, 3.05) is 6.61 Å². The lowest BCUT2D eigenvalue weighted by Gasteiger charge is -2.31. The van der Waals surface area contributed by atoms with Crippen LogP contribution in [0.5, 0.6) is 5.75 Å². The molecule has 0 spiro atoms. The van der Waals surface area contributed by atoms with Crippen molar-refractivity contribution in [3.8, 4) is 5.75 Å². The van der Waals surface area contributed by atoms with E-state index in [2.05, 4.69) is 5.32 Å². The molecule has 0 bridgehead atoms. The summed E-state index contributed by atoms with van der Waals surface area (Å²) in [4.78, 5) is 27.6. The zero-order chi connectivity index (χ0) is 23.1. The van der Waals surface area contributed by atoms with E-state index in [1.165, 1.54) is 11.3 Å². The molecule has 2 aromatic rings. The van der Waals surface area contributed by atoms with Crippen molar-refractivity contribution < 1.29 is 14.3 Å². The van der Waals surface area contributed by atoms with Gasteiger partial charge in [0.05, 0.1) is 15.1 Å². The maximum absolute atomic E-state index is 13.1. The van der Waals surface area contributed by atoms with Crippen molar-refractivity contribution in [1.82, 2.24) is 10.2 Å². The highest BCUT2D eigenvalue weighted by atomic mass is 35.5. The number of hydrogen-bond donors (Lipinski definition) is 1. The number of rotatable bonds is 8. The number of carbonyl (C=O) groups excluding carboxylic acids is 2. The molecule has 0 aliphatic heterocycles. The van der Waals surface area contributed by atoms with Crippen LogP contribution in [0.15, 0.2) is 42.5 Å². The summed E-state index contributed by atoms with van der Waals surface area (Å²) in [6.07, 6.45) is 5.35. The van der Waals surface area contributed by atoms with Crippen LogP contribution < -0.4 is 10.1 Å². The van der Waals surface area contributed by atoms with Crippen LogP contribution in [0.4, 0.5) is 0 Å². The molecule has 0 aromatic heterocycles. The fraction of sp³-hybridized carbons (Fsp3) is 0.417. The lowest BCUT2D eigenvalue weighted by molar-refractivity contribution is -0.142. The second-order valence-electron chi connectivity index (χ2n) is 8.01. The fourth-order valence-corrected chi connectivity index (χ4v) is 4.28. The molecule has 1 aliphatic carbocycles. The smallest absolute Gasteiger partial charge is 0.261 e. The van der Waals surface area contributed by atoms with Gasteiger partial charge in [0.25, 0.3) is 5.91 Å². The highest BCUT2D eigenvalue weighted by molar-refractivity contribution is 6.42. The predicted octanol–water partition coefficient (Wildman–Crippen LogP) is 5.89. The first kappa shape index (κ1) is 24.7. The predicted molar refractivity (Wildman–Crippen MR) is 128 cm³/mol. The summed E-state index contributed by atoms with van der Waals surface area (Å²) < 4.78 is 5.64. The highest BCUT2D eigenvalue weighted by Crippen LogP contribution is 2.25. The standard InChI is InChI=1S/C24H27Cl3N2O3/c1-16(24(31)28-18-7-3-2-4-8-18)29(14-17-11-12-19(25)21(27)13-17)23(30)15-32-22-10-6-5-9-20(22)26/h5-6,9-13,16,18H,2-4,7-8,14-15H2,1H3,(H,28,31)/t16-/m0/s1. The quantitative estimate of drug-likeness (QED) is 0.494. The van der Waals surface area contributed by atoms with E-state index < -0.39 is 6.04 Å². The van der Waals surface area contributed by atoms with E-state index in [9.17, 15) is 9.59 Å². The number of benzene rings is 2. The van der Waals surface area contributed by atoms with Gasteiger partial charge in [-0.3, -0.25) is 9.59 Å². The maximum Gasteiger partial charge on any atom is 0.261 e. The van der Waals surface area contributed by atoms with Crippen LogP contribution >= 0.6 is 34.8 Å². The van der Waals surface area contributed by atoms with Gasteiger partial charge in [-0.25, -0.2) is 0 Å². The number of para-hydroxylation sites is 1. The fourth-order valence-electron chi connectivity index (χ4n) is 3.77. The van der Waals surface area contributed by atoms with Gasteiger partial charge in [-0.1, -0.05) is 72.3 Å². The second kappa shape index (κ2) is 11.8. The molecule has 2 aromatic carbocycles. The number of carbonyl (C=O) groups is 2. The lowest BCUT2D eigenvalue weighted by atomic mass is 9.95. The van der Waals surface area contributed by atoms with Gasteiger partial charge in [0.15, 0.2) is 6.61 Å². The van der Waals surface area contributed by atoms with Crippen molar-refractivity contribution in [1.29, 1.82) is 0 Å². The van der Waals surface area contributed by atoms with Crippen molar-refractivity contribution in [3.63, 3.8) is 0 Å². The molecule has 1 N–H and O–H groups in total. The largest absolute Gasteiger partial charge is 0.482 e. The van der Waals surface area contributed by atoms with Gasteiger partial charge in [0.2, 0.25) is 5.91 Å². The number of halogens is 3. The van der Waals surface area contributed by atoms with Gasteiger partial charge in [0.1, 0.15) is 11.8 Å². The zero-order valence-electron chi connectivity index (χ0n) is 18.0. The number of ether oxygens (including phenoxy) is 1. The molecule has 0 heterocycles. The molecular formula is C24H27Cl3N2O3. The zero-order valence-corrected chi connectivity index (χ0v) is 20.2. The Kier molecular flexibility index (Phi) is 9.09. The summed E-state index contributed by atoms with van der Waals surface area (Å²) in [5, 5.41) is 4.34. The maximum atomic E-state index is 13.1. The Morgan fingerprint density at radius 3 is 2.44 bits per heavy atom. The normalized spacial score (nSPS) is 15.1. The van der Waals surface area contributed by atoms with Gasteiger partial charge in [-0.2, -0.15) is 0 Å². The second-order valence-corrected chi connectivity index (χ2v) is 9.23. The van der Waals surface area contributed by atoms with Crippen LogP contribution in [0.1, 0.15) is 44.6 Å². The van der Waals surface area contributed by atoms with E-state index in [0.717, 1.165) is 31.2 Å². The number of amides is 2. The average Bonchev–Trinajstić information content (AvgIpc) is 2.79. The van der Waals surface area contributed by atoms with E-state index in [4.69, 9.17) is 39.5 Å². The van der Waals surface area contributed by atoms with Crippen molar-refractivity contribution in [2.45, 2.75) is 57.7 Å². The van der Waals surface area contributed by atoms with Gasteiger partial charge < -0.3 is 15.0 Å². The van der Waals surface area contributed by atoms with Crippen LogP contribution in [0.3, 0.4) is 0 Å². The van der Waals surface area contributed by atoms with E-state index in [1.54, 1.807) is 49.4 Å². The Hall–Kier alpha value is -1.95. The third kappa shape index (κ3) is 6.77. The molecule has 2 amide bonds. The van der Waals surface area contributed by atoms with E-state index in [1.807, 2.05) is 0 Å². The summed E-state index contributed by atoms with van der Waals surface area (Å²) in [6, 6.07) is 11.6. The van der Waals surface area contributed by atoms with Gasteiger partial charge in [-0.05, 0) is 49.6 Å². The SMILES string of the molecule is C[C@@H](C(=O)NC1CCCCC1)N(Cc1ccc(Cl)c(Cl)c1)C(=O)COc1ccccc1Cl. The average molecular weight is 498 g/mol. The third-order valence-corrected chi connectivity index (χ3v) is 6.69. The first-order valence-corrected chi connectivity index (χ1v) is 11.9. The van der Waals surface area contributed by atoms with Crippen LogP contribution in [-0.4, -0.2) is 35.4 Å². The summed E-state index contributed by atoms with van der Waals surface area (Å²) in [7, 11) is 0. The molecule has 32 heavy (non-hydrogen) atoms. The lowest BCUT2D eigenvalue weighted by Crippen LogP contribution is -2.51. The molecule has 1 saturated carbocycles. The molecule has 1 aliphatic rings. The Balaban J connectivity index is 1.74. The molecule has 0 radical (unpaired) electrons. The summed E-state index contributed by atoms with van der Waals surface area (Å²) in [5.41, 5.74) is 0.766. The first-order chi connectivity index (χ1) is 15.3. The Bertz CT molecular complexity index is 948. The highest BCUT2D eigenvalue weighted by Gasteiger charge is 2.28. The third-order valence-electron chi connectivity index (χ3n) is 5.64. The Labute approximate surface area is 204 Å². The van der Waals surface area contributed by atoms with Crippen molar-refractivity contribution in [2.24, 2.45) is 0 Å². The van der Waals surface area contributed by atoms with Crippen LogP contribution in [-0.2, 0) is 16.1 Å². The first-order valence-electron chi connectivity index (χ1n) is 10.8. The summed E-state index contributed by atoms with van der Waals surface area (Å²) in [6.45, 7) is 1.68. The van der Waals surface area contributed by atoms with E-state index in [0.29, 0.717) is 20.8 Å². The topological polar surface area (TPSA) is 58.6 Å². The minimum absolute atomic E-state index is 0.153. The van der Waals surface area contributed by atoms with E-state index in [-0.39, 0.29) is 31.0 Å². The number of nitrogens with one attached hydrogen (secondary N) is 1. The van der Waals surface area contributed by atoms with Gasteiger partial charge in [0, 0.05) is 12.6 Å². The molecular weight excluding hydrogens is 471 g/mol. The molecule has 172 valence electrons. The molecule has 1 atom stereocenters. The summed E-state index contributed by atoms with van der Waals surface area (Å²) >= 11 is 18.3. The van der Waals surface area contributed by atoms with Crippen LogP contribution in [0.2, 0.25) is 15.1 Å². The van der Waals surface area contributed by atoms with Crippen molar-refractivity contribution in [3.05, 3.63) is 63.1 Å². The van der Waals surface area contributed by atoms with Gasteiger partial charge in [-0.15, -0.1) is 0 Å². The number of hydrogen-bond acceptors (Lipinski definition) is 3. The Morgan fingerprint density at radius 2 is 1.75 bits per heavy atom. The van der Waals surface area contributed by atoms with Crippen LogP contribution in [0, 0.1) is 0 Å². The molecule has 0 unspecified atom stereocenters. The van der Waals surface area contributed by atoms with Crippen LogP contribution in [0.25, 0.3) is 0 Å². The van der Waals surface area contributed by atoms with Crippen molar-refractivity contribution >= 4 is 46.6 Å². The summed E-state index contributed by atoms with van der Waals surface area (Å²) in [5.74, 6) is -0.0957. The Morgan fingerprint density at radius 1 is 1.03 bits per heavy atom. The molecule has 0 saturated heterocycles. The van der Waals surface area contributed by atoms with Gasteiger partial charge >= 0.3 is 0 Å². The molecule has 5 nitrogen and oxygen atoms in total. The molecule has 3 rings (SSSR count).